The van der Waals surface area contributed by atoms with E-state index in [0.717, 1.165) is 16.8 Å². The molecule has 0 aliphatic carbocycles. The lowest BCUT2D eigenvalue weighted by Crippen LogP contribution is -2.22. The molecule has 1 fully saturated rings. The molecule has 0 radical (unpaired) electrons. The predicted octanol–water partition coefficient (Wildman–Crippen LogP) is 4.64. The summed E-state index contributed by atoms with van der Waals surface area (Å²) in [6.45, 7) is 0. The van der Waals surface area contributed by atoms with Gasteiger partial charge in [0.05, 0.1) is 11.1 Å². The van der Waals surface area contributed by atoms with Crippen LogP contribution in [-0.2, 0) is 4.79 Å². The van der Waals surface area contributed by atoms with Crippen LogP contribution in [0.25, 0.3) is 6.08 Å². The van der Waals surface area contributed by atoms with Crippen molar-refractivity contribution in [2.24, 2.45) is 5.10 Å². The molecule has 0 aromatic heterocycles. The van der Waals surface area contributed by atoms with Gasteiger partial charge in [0, 0.05) is 24.8 Å². The molecule has 2 aromatic carbocycles. The Hall–Kier alpha value is -2.15. The van der Waals surface area contributed by atoms with E-state index < -0.39 is 0 Å². The van der Waals surface area contributed by atoms with Crippen LogP contribution in [0.3, 0.4) is 0 Å². The van der Waals surface area contributed by atoms with Crippen molar-refractivity contribution in [2.45, 2.75) is 0 Å². The Bertz CT molecular complexity index is 890. The van der Waals surface area contributed by atoms with Crippen LogP contribution in [-0.4, -0.2) is 35.5 Å². The molecule has 1 amide bonds. The number of halogens is 1. The molecule has 4 nitrogen and oxygen atoms in total. The highest BCUT2D eigenvalue weighted by Gasteiger charge is 2.31. The Morgan fingerprint density at radius 3 is 2.31 bits per heavy atom. The van der Waals surface area contributed by atoms with Crippen molar-refractivity contribution in [1.29, 1.82) is 0 Å². The fourth-order valence-electron chi connectivity index (χ4n) is 2.25. The molecule has 7 heteroatoms. The molecule has 1 saturated heterocycles. The number of thiocarbonyl (C=S) groups is 1. The summed E-state index contributed by atoms with van der Waals surface area (Å²) in [6, 6.07) is 15.1. The minimum absolute atomic E-state index is 0.226. The average molecular weight is 402 g/mol. The maximum atomic E-state index is 12.6. The number of thioether (sulfide) groups is 1. The Morgan fingerprint density at radius 2 is 1.69 bits per heavy atom. The third-order valence-electron chi connectivity index (χ3n) is 3.67. The van der Waals surface area contributed by atoms with Crippen LogP contribution in [0.15, 0.2) is 58.5 Å². The van der Waals surface area contributed by atoms with Crippen molar-refractivity contribution in [2.75, 3.05) is 19.0 Å². The summed E-state index contributed by atoms with van der Waals surface area (Å²) in [5, 5.41) is 6.16. The number of hydrogen-bond acceptors (Lipinski definition) is 5. The van der Waals surface area contributed by atoms with Gasteiger partial charge in [-0.25, -0.2) is 0 Å². The standard InChI is InChI=1S/C19H16ClN3OS2/c1-22(2)16-9-5-14(6-10-16)12-21-23-18(24)17(26-19(23)25)11-13-3-7-15(20)8-4-13/h3-12H,1-2H3/b17-11+,21-12+. The van der Waals surface area contributed by atoms with Crippen molar-refractivity contribution in [3.8, 4) is 0 Å². The first-order valence-electron chi connectivity index (χ1n) is 7.79. The number of carbonyl (C=O) groups is 1. The average Bonchev–Trinajstić information content (AvgIpc) is 2.89. The quantitative estimate of drug-likeness (QED) is 0.424. The zero-order chi connectivity index (χ0) is 18.7. The van der Waals surface area contributed by atoms with Crippen LogP contribution >= 0.6 is 35.6 Å². The van der Waals surface area contributed by atoms with Crippen molar-refractivity contribution in [1.82, 2.24) is 5.01 Å². The summed E-state index contributed by atoms with van der Waals surface area (Å²) in [7, 11) is 3.96. The first kappa shape index (κ1) is 18.6. The van der Waals surface area contributed by atoms with Crippen molar-refractivity contribution >= 4 is 63.8 Å². The number of hydrazone groups is 1. The van der Waals surface area contributed by atoms with Gasteiger partial charge in [-0.2, -0.15) is 10.1 Å². The lowest BCUT2D eigenvalue weighted by molar-refractivity contribution is -0.122. The SMILES string of the molecule is CN(C)c1ccc(/C=N/N2C(=O)/C(=C\c3ccc(Cl)cc3)SC2=S)cc1. The zero-order valence-electron chi connectivity index (χ0n) is 14.2. The zero-order valence-corrected chi connectivity index (χ0v) is 16.6. The molecule has 132 valence electrons. The van der Waals surface area contributed by atoms with Crippen LogP contribution in [0.4, 0.5) is 5.69 Å². The van der Waals surface area contributed by atoms with E-state index in [1.807, 2.05) is 55.4 Å². The number of benzene rings is 2. The topological polar surface area (TPSA) is 35.9 Å². The predicted molar refractivity (Wildman–Crippen MR) is 115 cm³/mol. The van der Waals surface area contributed by atoms with Crippen LogP contribution in [0, 0.1) is 0 Å². The number of amides is 1. The van der Waals surface area contributed by atoms with Gasteiger partial charge in [-0.3, -0.25) is 4.79 Å². The highest BCUT2D eigenvalue weighted by Crippen LogP contribution is 2.32. The van der Waals surface area contributed by atoms with E-state index >= 15 is 0 Å². The monoisotopic (exact) mass is 401 g/mol. The fraction of sp³-hybridized carbons (Fsp3) is 0.105. The Labute approximate surface area is 167 Å². The summed E-state index contributed by atoms with van der Waals surface area (Å²) in [4.78, 5) is 15.1. The molecule has 0 atom stereocenters. The molecule has 0 saturated carbocycles. The van der Waals surface area contributed by atoms with E-state index in [9.17, 15) is 4.79 Å². The third kappa shape index (κ3) is 4.33. The second kappa shape index (κ2) is 8.03. The normalized spacial score (nSPS) is 16.1. The molecule has 0 spiro atoms. The Kier molecular flexibility index (Phi) is 5.76. The van der Waals surface area contributed by atoms with Gasteiger partial charge in [-0.1, -0.05) is 47.6 Å². The van der Waals surface area contributed by atoms with Gasteiger partial charge in [-0.05, 0) is 53.7 Å². The van der Waals surface area contributed by atoms with Crippen molar-refractivity contribution < 1.29 is 4.79 Å². The molecule has 0 N–H and O–H groups in total. The molecule has 2 aromatic rings. The van der Waals surface area contributed by atoms with Gasteiger partial charge in [0.15, 0.2) is 4.32 Å². The van der Waals surface area contributed by atoms with E-state index in [1.165, 1.54) is 16.8 Å². The van der Waals surface area contributed by atoms with Crippen LogP contribution in [0.1, 0.15) is 11.1 Å². The van der Waals surface area contributed by atoms with Crippen LogP contribution in [0.5, 0.6) is 0 Å². The van der Waals surface area contributed by atoms with E-state index in [1.54, 1.807) is 24.4 Å². The summed E-state index contributed by atoms with van der Waals surface area (Å²) in [5.74, 6) is -0.226. The van der Waals surface area contributed by atoms with E-state index in [2.05, 4.69) is 5.10 Å². The first-order chi connectivity index (χ1) is 12.4. The van der Waals surface area contributed by atoms with Gasteiger partial charge in [0.1, 0.15) is 0 Å². The summed E-state index contributed by atoms with van der Waals surface area (Å²) in [6.07, 6.45) is 3.42. The fourth-order valence-corrected chi connectivity index (χ4v) is 3.55. The molecule has 1 aliphatic heterocycles. The molecular weight excluding hydrogens is 386 g/mol. The van der Waals surface area contributed by atoms with Gasteiger partial charge >= 0.3 is 0 Å². The smallest absolute Gasteiger partial charge is 0.286 e. The van der Waals surface area contributed by atoms with E-state index in [-0.39, 0.29) is 5.91 Å². The van der Waals surface area contributed by atoms with Crippen LogP contribution < -0.4 is 4.90 Å². The number of nitrogens with zero attached hydrogens (tertiary/aromatic N) is 3. The molecule has 1 aliphatic rings. The van der Waals surface area contributed by atoms with Crippen LogP contribution in [0.2, 0.25) is 5.02 Å². The second-order valence-electron chi connectivity index (χ2n) is 5.78. The maximum Gasteiger partial charge on any atom is 0.286 e. The number of rotatable bonds is 4. The largest absolute Gasteiger partial charge is 0.378 e. The lowest BCUT2D eigenvalue weighted by atomic mass is 10.2. The second-order valence-corrected chi connectivity index (χ2v) is 7.89. The van der Waals surface area contributed by atoms with Gasteiger partial charge in [0.25, 0.3) is 5.91 Å². The van der Waals surface area contributed by atoms with E-state index in [0.29, 0.717) is 14.2 Å². The van der Waals surface area contributed by atoms with Gasteiger partial charge in [0.2, 0.25) is 0 Å². The molecule has 26 heavy (non-hydrogen) atoms. The number of anilines is 1. The first-order valence-corrected chi connectivity index (χ1v) is 9.39. The molecular formula is C19H16ClN3OS2. The highest BCUT2D eigenvalue weighted by atomic mass is 35.5. The maximum absolute atomic E-state index is 12.6. The van der Waals surface area contributed by atoms with Crippen molar-refractivity contribution in [3.05, 3.63) is 69.6 Å². The molecule has 0 bridgehead atoms. The van der Waals surface area contributed by atoms with Gasteiger partial charge < -0.3 is 4.90 Å². The molecule has 3 rings (SSSR count). The third-order valence-corrected chi connectivity index (χ3v) is 5.21. The number of carbonyl (C=O) groups excluding carboxylic acids is 1. The molecule has 1 heterocycles. The van der Waals surface area contributed by atoms with Crippen molar-refractivity contribution in [3.63, 3.8) is 0 Å². The Balaban J connectivity index is 1.75. The minimum atomic E-state index is -0.226. The minimum Gasteiger partial charge on any atom is -0.378 e. The Morgan fingerprint density at radius 1 is 1.08 bits per heavy atom. The van der Waals surface area contributed by atoms with Gasteiger partial charge in [-0.15, -0.1) is 0 Å². The lowest BCUT2D eigenvalue weighted by Gasteiger charge is -2.12. The molecule has 0 unspecified atom stereocenters. The highest BCUT2D eigenvalue weighted by molar-refractivity contribution is 8.26. The number of hydrogen-bond donors (Lipinski definition) is 0. The summed E-state index contributed by atoms with van der Waals surface area (Å²) >= 11 is 12.4. The van der Waals surface area contributed by atoms with E-state index in [4.69, 9.17) is 23.8 Å². The summed E-state index contributed by atoms with van der Waals surface area (Å²) in [5.41, 5.74) is 2.88. The summed E-state index contributed by atoms with van der Waals surface area (Å²) < 4.78 is 0.413.